The lowest BCUT2D eigenvalue weighted by molar-refractivity contribution is -0.0399. The maximum absolute atomic E-state index is 6.46. The lowest BCUT2D eigenvalue weighted by Gasteiger charge is -2.61. The van der Waals surface area contributed by atoms with E-state index in [0.29, 0.717) is 0 Å². The van der Waals surface area contributed by atoms with E-state index in [1.54, 1.807) is 11.1 Å². The summed E-state index contributed by atoms with van der Waals surface area (Å²) in [7, 11) is 0. The normalized spacial score (nSPS) is 24.5. The lowest BCUT2D eigenvalue weighted by Crippen LogP contribution is -2.55. The molecule has 0 radical (unpaired) electrons. The number of para-hydroxylation sites is 1. The summed E-state index contributed by atoms with van der Waals surface area (Å²) in [5.74, 6) is 3.39. The molecular weight excluding hydrogens is 607 g/mol. The van der Waals surface area contributed by atoms with Crippen molar-refractivity contribution in [2.24, 2.45) is 23.7 Å². The largest absolute Gasteiger partial charge is 0.456 e. The van der Waals surface area contributed by atoms with Crippen molar-refractivity contribution in [2.75, 3.05) is 4.90 Å². The first kappa shape index (κ1) is 27.5. The Morgan fingerprint density at radius 3 is 1.90 bits per heavy atom. The third-order valence-corrected chi connectivity index (χ3v) is 13.4. The molecule has 0 unspecified atom stereocenters. The molecule has 50 heavy (non-hydrogen) atoms. The van der Waals surface area contributed by atoms with Crippen LogP contribution in [0.3, 0.4) is 0 Å². The Kier molecular flexibility index (Phi) is 5.43. The third kappa shape index (κ3) is 3.59. The first-order valence-electron chi connectivity index (χ1n) is 18.6. The fourth-order valence-corrected chi connectivity index (χ4v) is 11.7. The van der Waals surface area contributed by atoms with Gasteiger partial charge in [0.15, 0.2) is 0 Å². The van der Waals surface area contributed by atoms with Gasteiger partial charge in [-0.25, -0.2) is 0 Å². The second kappa shape index (κ2) is 9.88. The van der Waals surface area contributed by atoms with Crippen LogP contribution < -0.4 is 4.90 Å². The SMILES string of the molecule is c1ccc2c(c1)-c1cc(N(c3ccc4c(ccc5ccccc54)c3)c3ccc4c(c3)oc3ccccc34)ccc1C21C2CC3CC(C2)CC1C3. The second-order valence-corrected chi connectivity index (χ2v) is 15.8. The third-order valence-electron chi connectivity index (χ3n) is 13.4. The Bertz CT molecular complexity index is 2670. The Morgan fingerprint density at radius 1 is 0.440 bits per heavy atom. The van der Waals surface area contributed by atoms with Gasteiger partial charge < -0.3 is 9.32 Å². The van der Waals surface area contributed by atoms with Crippen LogP contribution in [0.25, 0.3) is 54.6 Å². The molecule has 0 saturated heterocycles. The minimum atomic E-state index is 0.167. The second-order valence-electron chi connectivity index (χ2n) is 15.8. The number of rotatable bonds is 3. The van der Waals surface area contributed by atoms with E-state index in [1.165, 1.54) is 70.5 Å². The van der Waals surface area contributed by atoms with Gasteiger partial charge in [-0.3, -0.25) is 0 Å². The Balaban J connectivity index is 1.08. The highest BCUT2D eigenvalue weighted by atomic mass is 16.3. The first-order chi connectivity index (χ1) is 24.7. The maximum Gasteiger partial charge on any atom is 0.137 e. The predicted octanol–water partition coefficient (Wildman–Crippen LogP) is 13.1. The number of anilines is 3. The van der Waals surface area contributed by atoms with Crippen LogP contribution >= 0.6 is 0 Å². The zero-order valence-electron chi connectivity index (χ0n) is 28.0. The average molecular weight is 644 g/mol. The van der Waals surface area contributed by atoms with Crippen LogP contribution in [0.15, 0.2) is 144 Å². The van der Waals surface area contributed by atoms with Crippen molar-refractivity contribution in [1.29, 1.82) is 0 Å². The highest BCUT2D eigenvalue weighted by Crippen LogP contribution is 2.69. The highest BCUT2D eigenvalue weighted by molar-refractivity contribution is 6.09. The molecule has 5 aliphatic rings. The Hall–Kier alpha value is -5.34. The van der Waals surface area contributed by atoms with E-state index in [0.717, 1.165) is 57.0 Å². The van der Waals surface area contributed by atoms with Gasteiger partial charge in [0.2, 0.25) is 0 Å². The average Bonchev–Trinajstić information content (AvgIpc) is 3.67. The molecule has 2 nitrogen and oxygen atoms in total. The van der Waals surface area contributed by atoms with E-state index < -0.39 is 0 Å². The molecule has 1 heterocycles. The molecule has 0 aliphatic heterocycles. The Labute approximate surface area is 292 Å². The molecule has 4 fully saturated rings. The van der Waals surface area contributed by atoms with Crippen LogP contribution in [-0.4, -0.2) is 0 Å². The summed E-state index contributed by atoms with van der Waals surface area (Å²) in [6, 6.07) is 52.3. The lowest BCUT2D eigenvalue weighted by atomic mass is 9.43. The van der Waals surface area contributed by atoms with Crippen molar-refractivity contribution in [2.45, 2.75) is 37.5 Å². The van der Waals surface area contributed by atoms with Crippen molar-refractivity contribution >= 4 is 60.5 Å². The summed E-state index contributed by atoms with van der Waals surface area (Å²) in [6.45, 7) is 0. The molecular formula is C48H37NO. The fraction of sp³-hybridized carbons (Fsp3) is 0.208. The fourth-order valence-electron chi connectivity index (χ4n) is 11.7. The van der Waals surface area contributed by atoms with Gasteiger partial charge >= 0.3 is 0 Å². The summed E-state index contributed by atoms with van der Waals surface area (Å²) in [6.07, 6.45) is 7.08. The standard InChI is InChI=1S/C48H37NO/c1-2-8-38-31(7-1)13-14-32-26-35(15-18-39(32)38)49(37-16-19-42-41-10-4-6-12-46(41)50-47(42)28-37)36-17-20-45-43(27-36)40-9-3-5-11-44(40)48(45)33-22-29-21-30(24-33)25-34(48)23-29/h1-20,26-30,33-34H,21-25H2. The van der Waals surface area contributed by atoms with Crippen molar-refractivity contribution in [3.05, 3.63) is 151 Å². The van der Waals surface area contributed by atoms with Gasteiger partial charge in [0.1, 0.15) is 11.2 Å². The van der Waals surface area contributed by atoms with E-state index in [9.17, 15) is 0 Å². The monoisotopic (exact) mass is 643 g/mol. The van der Waals surface area contributed by atoms with Crippen molar-refractivity contribution in [3.8, 4) is 11.1 Å². The Morgan fingerprint density at radius 2 is 1.04 bits per heavy atom. The van der Waals surface area contributed by atoms with Gasteiger partial charge in [-0.2, -0.15) is 0 Å². The molecule has 2 heteroatoms. The zero-order valence-corrected chi connectivity index (χ0v) is 28.0. The number of fused-ring (bicyclic) bond motifs is 9. The molecule has 13 rings (SSSR count). The quantitative estimate of drug-likeness (QED) is 0.178. The summed E-state index contributed by atoms with van der Waals surface area (Å²) in [5.41, 5.74) is 11.5. The van der Waals surface area contributed by atoms with E-state index in [-0.39, 0.29) is 5.41 Å². The molecule has 0 N–H and O–H groups in total. The van der Waals surface area contributed by atoms with Gasteiger partial charge in [-0.05, 0) is 142 Å². The number of hydrogen-bond donors (Lipinski definition) is 0. The molecule has 5 aliphatic carbocycles. The van der Waals surface area contributed by atoms with Crippen molar-refractivity contribution < 1.29 is 4.42 Å². The van der Waals surface area contributed by atoms with Gasteiger partial charge in [0.25, 0.3) is 0 Å². The van der Waals surface area contributed by atoms with Gasteiger partial charge in [-0.1, -0.05) is 91.0 Å². The first-order valence-corrected chi connectivity index (χ1v) is 18.6. The van der Waals surface area contributed by atoms with E-state index in [1.807, 2.05) is 0 Å². The van der Waals surface area contributed by atoms with Crippen LogP contribution in [0.4, 0.5) is 17.1 Å². The molecule has 0 amide bonds. The van der Waals surface area contributed by atoms with Crippen LogP contribution in [0.5, 0.6) is 0 Å². The van der Waals surface area contributed by atoms with E-state index >= 15 is 0 Å². The molecule has 240 valence electrons. The topological polar surface area (TPSA) is 16.4 Å². The molecule has 4 saturated carbocycles. The van der Waals surface area contributed by atoms with Crippen LogP contribution in [0, 0.1) is 23.7 Å². The number of hydrogen-bond acceptors (Lipinski definition) is 2. The predicted molar refractivity (Wildman–Crippen MR) is 207 cm³/mol. The molecule has 1 spiro atoms. The maximum atomic E-state index is 6.46. The number of furan rings is 1. The van der Waals surface area contributed by atoms with E-state index in [4.69, 9.17) is 4.42 Å². The summed E-state index contributed by atoms with van der Waals surface area (Å²) in [5, 5.41) is 7.41. The van der Waals surface area contributed by atoms with Gasteiger partial charge in [0, 0.05) is 39.3 Å². The minimum absolute atomic E-state index is 0.167. The van der Waals surface area contributed by atoms with Crippen LogP contribution in [0.2, 0.25) is 0 Å². The van der Waals surface area contributed by atoms with Gasteiger partial charge in [0.05, 0.1) is 0 Å². The molecule has 0 atom stereocenters. The summed E-state index contributed by atoms with van der Waals surface area (Å²) < 4.78 is 6.46. The van der Waals surface area contributed by atoms with Crippen LogP contribution in [0.1, 0.15) is 43.2 Å². The molecule has 1 aromatic heterocycles. The van der Waals surface area contributed by atoms with E-state index in [2.05, 4.69) is 144 Å². The minimum Gasteiger partial charge on any atom is -0.456 e. The number of benzene rings is 7. The van der Waals surface area contributed by atoms with Crippen molar-refractivity contribution in [3.63, 3.8) is 0 Å². The molecule has 7 aromatic carbocycles. The van der Waals surface area contributed by atoms with Crippen LogP contribution in [-0.2, 0) is 5.41 Å². The highest BCUT2D eigenvalue weighted by Gasteiger charge is 2.61. The van der Waals surface area contributed by atoms with Gasteiger partial charge in [-0.15, -0.1) is 0 Å². The van der Waals surface area contributed by atoms with Crippen molar-refractivity contribution in [1.82, 2.24) is 0 Å². The number of nitrogens with zero attached hydrogens (tertiary/aromatic N) is 1. The summed E-state index contributed by atoms with van der Waals surface area (Å²) in [4.78, 5) is 2.45. The molecule has 4 bridgehead atoms. The summed E-state index contributed by atoms with van der Waals surface area (Å²) >= 11 is 0. The molecule has 8 aromatic rings. The smallest absolute Gasteiger partial charge is 0.137 e. The zero-order chi connectivity index (χ0) is 32.6.